The molecule has 2 atom stereocenters. The second-order valence-corrected chi connectivity index (χ2v) is 4.15. The van der Waals surface area contributed by atoms with Gasteiger partial charge in [0.25, 0.3) is 0 Å². The van der Waals surface area contributed by atoms with Crippen molar-refractivity contribution in [3.05, 3.63) is 0 Å². The van der Waals surface area contributed by atoms with Gasteiger partial charge in [0.1, 0.15) is 0 Å². The molecule has 0 aliphatic carbocycles. The Morgan fingerprint density at radius 3 is 2.07 bits per heavy atom. The summed E-state index contributed by atoms with van der Waals surface area (Å²) in [5, 5.41) is 0. The molecule has 0 aliphatic rings. The van der Waals surface area contributed by atoms with E-state index in [1.807, 2.05) is 25.7 Å². The van der Waals surface area contributed by atoms with Crippen molar-refractivity contribution in [3.8, 4) is 0 Å². The zero-order valence-corrected chi connectivity index (χ0v) is 10.2. The normalized spacial score (nSPS) is 15.4. The molecule has 0 heterocycles. The van der Waals surface area contributed by atoms with Crippen molar-refractivity contribution in [1.82, 2.24) is 4.90 Å². The van der Waals surface area contributed by atoms with E-state index >= 15 is 0 Å². The van der Waals surface area contributed by atoms with Crippen LogP contribution in [0.1, 0.15) is 41.0 Å². The average molecular weight is 201 g/mol. The van der Waals surface area contributed by atoms with E-state index in [9.17, 15) is 4.79 Å². The van der Waals surface area contributed by atoms with E-state index in [-0.39, 0.29) is 24.1 Å². The molecule has 0 fully saturated rings. The SMILES string of the molecule is COC(C)CC(C)N(C(C)=O)C(C)C. The fourth-order valence-electron chi connectivity index (χ4n) is 1.87. The number of rotatable bonds is 5. The molecular formula is C11H23NO2. The molecule has 0 N–H and O–H groups in total. The van der Waals surface area contributed by atoms with Crippen molar-refractivity contribution in [2.45, 2.75) is 59.2 Å². The van der Waals surface area contributed by atoms with Crippen molar-refractivity contribution in [1.29, 1.82) is 0 Å². The number of nitrogens with zero attached hydrogens (tertiary/aromatic N) is 1. The monoisotopic (exact) mass is 201 g/mol. The van der Waals surface area contributed by atoms with Gasteiger partial charge in [-0.2, -0.15) is 0 Å². The molecule has 3 nitrogen and oxygen atoms in total. The quantitative estimate of drug-likeness (QED) is 0.681. The minimum Gasteiger partial charge on any atom is -0.382 e. The van der Waals surface area contributed by atoms with Crippen molar-refractivity contribution < 1.29 is 9.53 Å². The molecule has 0 spiro atoms. The van der Waals surface area contributed by atoms with E-state index in [4.69, 9.17) is 4.74 Å². The van der Waals surface area contributed by atoms with Gasteiger partial charge < -0.3 is 9.64 Å². The first-order valence-corrected chi connectivity index (χ1v) is 5.21. The molecule has 2 unspecified atom stereocenters. The third-order valence-electron chi connectivity index (χ3n) is 2.47. The molecule has 0 bridgehead atoms. The Bertz CT molecular complexity index is 180. The van der Waals surface area contributed by atoms with E-state index < -0.39 is 0 Å². The van der Waals surface area contributed by atoms with Gasteiger partial charge in [0, 0.05) is 26.1 Å². The maximum Gasteiger partial charge on any atom is 0.219 e. The van der Waals surface area contributed by atoms with E-state index in [1.165, 1.54) is 0 Å². The van der Waals surface area contributed by atoms with Gasteiger partial charge in [-0.15, -0.1) is 0 Å². The molecule has 0 radical (unpaired) electrons. The van der Waals surface area contributed by atoms with E-state index in [1.54, 1.807) is 14.0 Å². The van der Waals surface area contributed by atoms with Crippen LogP contribution in [0.15, 0.2) is 0 Å². The Labute approximate surface area is 87.4 Å². The minimum absolute atomic E-state index is 0.135. The van der Waals surface area contributed by atoms with Crippen LogP contribution in [0.5, 0.6) is 0 Å². The standard InChI is InChI=1S/C11H23NO2/c1-8(2)12(11(5)13)9(3)7-10(4)14-6/h8-10H,7H2,1-6H3. The molecule has 14 heavy (non-hydrogen) atoms. The highest BCUT2D eigenvalue weighted by atomic mass is 16.5. The van der Waals surface area contributed by atoms with Crippen LogP contribution in [-0.4, -0.2) is 36.1 Å². The number of amides is 1. The summed E-state index contributed by atoms with van der Waals surface area (Å²) in [6.45, 7) is 9.78. The van der Waals surface area contributed by atoms with Gasteiger partial charge in [0.15, 0.2) is 0 Å². The summed E-state index contributed by atoms with van der Waals surface area (Å²) in [5.41, 5.74) is 0. The predicted molar refractivity (Wildman–Crippen MR) is 58.2 cm³/mol. The third-order valence-corrected chi connectivity index (χ3v) is 2.47. The summed E-state index contributed by atoms with van der Waals surface area (Å²) in [7, 11) is 1.70. The molecule has 0 aromatic heterocycles. The van der Waals surface area contributed by atoms with Crippen LogP contribution in [-0.2, 0) is 9.53 Å². The van der Waals surface area contributed by atoms with Gasteiger partial charge in [0.05, 0.1) is 6.10 Å². The van der Waals surface area contributed by atoms with Crippen LogP contribution >= 0.6 is 0 Å². The Kier molecular flexibility index (Phi) is 5.77. The van der Waals surface area contributed by atoms with Crippen molar-refractivity contribution in [3.63, 3.8) is 0 Å². The van der Waals surface area contributed by atoms with Gasteiger partial charge in [0.2, 0.25) is 5.91 Å². The molecule has 0 aromatic rings. The molecule has 1 amide bonds. The summed E-state index contributed by atoms with van der Waals surface area (Å²) in [5.74, 6) is 0.135. The first-order valence-electron chi connectivity index (χ1n) is 5.21. The van der Waals surface area contributed by atoms with Gasteiger partial charge in [-0.05, 0) is 34.1 Å². The van der Waals surface area contributed by atoms with E-state index in [0.717, 1.165) is 6.42 Å². The molecule has 0 saturated carbocycles. The maximum atomic E-state index is 11.4. The molecule has 0 aliphatic heterocycles. The topological polar surface area (TPSA) is 29.5 Å². The fraction of sp³-hybridized carbons (Fsp3) is 0.909. The van der Waals surface area contributed by atoms with Crippen LogP contribution in [0, 0.1) is 0 Å². The summed E-state index contributed by atoms with van der Waals surface area (Å²) in [4.78, 5) is 13.3. The number of carbonyl (C=O) groups excluding carboxylic acids is 1. The summed E-state index contributed by atoms with van der Waals surface area (Å²) in [6, 6.07) is 0.494. The number of methoxy groups -OCH3 is 1. The van der Waals surface area contributed by atoms with Crippen molar-refractivity contribution in [2.24, 2.45) is 0 Å². The molecule has 0 aromatic carbocycles. The lowest BCUT2D eigenvalue weighted by Crippen LogP contribution is -2.43. The smallest absolute Gasteiger partial charge is 0.219 e. The molecular weight excluding hydrogens is 178 g/mol. The lowest BCUT2D eigenvalue weighted by atomic mass is 10.1. The van der Waals surface area contributed by atoms with Crippen LogP contribution in [0.3, 0.4) is 0 Å². The minimum atomic E-state index is 0.135. The molecule has 0 saturated heterocycles. The zero-order chi connectivity index (χ0) is 11.3. The van der Waals surface area contributed by atoms with Crippen LogP contribution in [0.2, 0.25) is 0 Å². The Hall–Kier alpha value is -0.570. The molecule has 0 rings (SSSR count). The number of hydrogen-bond acceptors (Lipinski definition) is 2. The average Bonchev–Trinajstić information content (AvgIpc) is 2.02. The van der Waals surface area contributed by atoms with Crippen LogP contribution in [0.25, 0.3) is 0 Å². The highest BCUT2D eigenvalue weighted by Crippen LogP contribution is 2.12. The first-order chi connectivity index (χ1) is 6.40. The highest BCUT2D eigenvalue weighted by Gasteiger charge is 2.21. The lowest BCUT2D eigenvalue weighted by Gasteiger charge is -2.33. The largest absolute Gasteiger partial charge is 0.382 e. The maximum absolute atomic E-state index is 11.4. The van der Waals surface area contributed by atoms with Gasteiger partial charge in [-0.1, -0.05) is 0 Å². The van der Waals surface area contributed by atoms with E-state index in [0.29, 0.717) is 0 Å². The Balaban J connectivity index is 4.29. The van der Waals surface area contributed by atoms with Crippen LogP contribution < -0.4 is 0 Å². The summed E-state index contributed by atoms with van der Waals surface area (Å²) < 4.78 is 5.19. The van der Waals surface area contributed by atoms with Gasteiger partial charge in [-0.25, -0.2) is 0 Å². The zero-order valence-electron chi connectivity index (χ0n) is 10.2. The number of ether oxygens (including phenoxy) is 1. The van der Waals surface area contributed by atoms with Crippen molar-refractivity contribution >= 4 is 5.91 Å². The summed E-state index contributed by atoms with van der Waals surface area (Å²) >= 11 is 0. The number of carbonyl (C=O) groups is 1. The highest BCUT2D eigenvalue weighted by molar-refractivity contribution is 5.73. The second kappa shape index (κ2) is 6.02. The number of hydrogen-bond donors (Lipinski definition) is 0. The van der Waals surface area contributed by atoms with E-state index in [2.05, 4.69) is 6.92 Å². The molecule has 3 heteroatoms. The summed E-state index contributed by atoms with van der Waals surface area (Å²) in [6.07, 6.45) is 1.08. The predicted octanol–water partition coefficient (Wildman–Crippen LogP) is 2.06. The van der Waals surface area contributed by atoms with Gasteiger partial charge in [-0.3, -0.25) is 4.79 Å². The Morgan fingerprint density at radius 1 is 1.29 bits per heavy atom. The van der Waals surface area contributed by atoms with Crippen molar-refractivity contribution in [2.75, 3.05) is 7.11 Å². The molecule has 84 valence electrons. The second-order valence-electron chi connectivity index (χ2n) is 4.15. The fourth-order valence-corrected chi connectivity index (χ4v) is 1.87. The third kappa shape index (κ3) is 4.09. The lowest BCUT2D eigenvalue weighted by molar-refractivity contribution is -0.133. The first kappa shape index (κ1) is 13.4. The van der Waals surface area contributed by atoms with Gasteiger partial charge >= 0.3 is 0 Å². The Morgan fingerprint density at radius 2 is 1.79 bits per heavy atom. The van der Waals surface area contributed by atoms with Crippen LogP contribution in [0.4, 0.5) is 0 Å².